The molecule has 0 aliphatic heterocycles. The quantitative estimate of drug-likeness (QED) is 0.279. The van der Waals surface area contributed by atoms with E-state index in [2.05, 4.69) is 15.2 Å². The molecule has 3 aromatic rings. The van der Waals surface area contributed by atoms with E-state index in [1.165, 1.54) is 13.4 Å². The van der Waals surface area contributed by atoms with E-state index < -0.39 is 12.2 Å². The van der Waals surface area contributed by atoms with Crippen molar-refractivity contribution in [3.8, 4) is 11.3 Å². The molecule has 0 aliphatic carbocycles. The highest BCUT2D eigenvalue weighted by Crippen LogP contribution is 2.29. The topological polar surface area (TPSA) is 90.7 Å². The van der Waals surface area contributed by atoms with Crippen molar-refractivity contribution in [2.24, 2.45) is 0 Å². The lowest BCUT2D eigenvalue weighted by Crippen LogP contribution is -2.16. The van der Waals surface area contributed by atoms with Crippen molar-refractivity contribution in [3.63, 3.8) is 0 Å². The Labute approximate surface area is 197 Å². The number of aromatic nitrogens is 1. The number of rotatable bonds is 9. The standard InChI is InChI=1S/C25H25ClN2O5/c1-17(20-9-6-7-10-21(20)26)33-25(30)27-22-16-32-28-24(22)19-14-12-18(13-15-19)8-4-3-5-11-23(29)31-2/h4,6-10,12-17H,3,5,11H2,1-2H3,(H,27,30)/b8-4+/t17-/m1/s1. The fraction of sp³-hybridized carbons (Fsp3) is 0.240. The molecule has 3 rings (SSSR count). The molecule has 0 fully saturated rings. The van der Waals surface area contributed by atoms with E-state index in [9.17, 15) is 9.59 Å². The van der Waals surface area contributed by atoms with Crippen molar-refractivity contribution in [1.29, 1.82) is 0 Å². The molecule has 1 aromatic heterocycles. The molecule has 7 nitrogen and oxygen atoms in total. The van der Waals surface area contributed by atoms with Crippen molar-refractivity contribution in [3.05, 3.63) is 77.0 Å². The lowest BCUT2D eigenvalue weighted by atomic mass is 10.1. The summed E-state index contributed by atoms with van der Waals surface area (Å²) in [5.74, 6) is -0.202. The Morgan fingerprint density at radius 1 is 1.18 bits per heavy atom. The molecule has 0 bridgehead atoms. The number of methoxy groups -OCH3 is 1. The van der Waals surface area contributed by atoms with Gasteiger partial charge in [0.1, 0.15) is 23.7 Å². The Balaban J connectivity index is 1.58. The van der Waals surface area contributed by atoms with Gasteiger partial charge in [0, 0.05) is 22.6 Å². The van der Waals surface area contributed by atoms with Crippen LogP contribution < -0.4 is 5.32 Å². The maximum atomic E-state index is 12.4. The smallest absolute Gasteiger partial charge is 0.412 e. The first kappa shape index (κ1) is 24.1. The zero-order chi connectivity index (χ0) is 23.6. The average Bonchev–Trinajstić information content (AvgIpc) is 3.27. The van der Waals surface area contributed by atoms with Gasteiger partial charge in [0.25, 0.3) is 0 Å². The monoisotopic (exact) mass is 468 g/mol. The van der Waals surface area contributed by atoms with Crippen molar-refractivity contribution in [2.45, 2.75) is 32.3 Å². The molecule has 8 heteroatoms. The van der Waals surface area contributed by atoms with Crippen LogP contribution in [-0.2, 0) is 14.3 Å². The number of unbranched alkanes of at least 4 members (excludes halogenated alkanes) is 1. The minimum atomic E-state index is -0.640. The Hall–Kier alpha value is -3.58. The Morgan fingerprint density at radius 2 is 1.94 bits per heavy atom. The second kappa shape index (κ2) is 11.9. The molecule has 0 spiro atoms. The average molecular weight is 469 g/mol. The second-order valence-electron chi connectivity index (χ2n) is 7.26. The summed E-state index contributed by atoms with van der Waals surface area (Å²) in [6.07, 6.45) is 6.10. The van der Waals surface area contributed by atoms with E-state index in [4.69, 9.17) is 20.9 Å². The molecule has 1 atom stereocenters. The van der Waals surface area contributed by atoms with Gasteiger partial charge in [0.15, 0.2) is 0 Å². The van der Waals surface area contributed by atoms with E-state index >= 15 is 0 Å². The summed E-state index contributed by atoms with van der Waals surface area (Å²) in [6, 6.07) is 14.8. The van der Waals surface area contributed by atoms with Gasteiger partial charge in [-0.15, -0.1) is 0 Å². The SMILES string of the molecule is COC(=O)CCC/C=C/c1ccc(-c2nocc2NC(=O)O[C@H](C)c2ccccc2Cl)cc1. The number of allylic oxidation sites excluding steroid dienone is 1. The van der Waals surface area contributed by atoms with Gasteiger partial charge in [-0.25, -0.2) is 4.79 Å². The second-order valence-corrected chi connectivity index (χ2v) is 7.67. The third-order valence-corrected chi connectivity index (χ3v) is 5.25. The number of ether oxygens (including phenoxy) is 2. The molecule has 0 aliphatic rings. The Bertz CT molecular complexity index is 1110. The molecule has 0 saturated heterocycles. The predicted octanol–water partition coefficient (Wildman–Crippen LogP) is 6.66. The maximum absolute atomic E-state index is 12.4. The van der Waals surface area contributed by atoms with Gasteiger partial charge >= 0.3 is 12.1 Å². The Morgan fingerprint density at radius 3 is 2.67 bits per heavy atom. The molecule has 2 aromatic carbocycles. The summed E-state index contributed by atoms with van der Waals surface area (Å²) in [6.45, 7) is 1.75. The summed E-state index contributed by atoms with van der Waals surface area (Å²) in [5, 5.41) is 7.21. The number of esters is 1. The Kier molecular flexibility index (Phi) is 8.66. The van der Waals surface area contributed by atoms with Crippen LogP contribution in [-0.4, -0.2) is 24.3 Å². The molecule has 0 saturated carbocycles. The van der Waals surface area contributed by atoms with Gasteiger partial charge in [0.2, 0.25) is 0 Å². The van der Waals surface area contributed by atoms with Crippen LogP contribution in [0, 0.1) is 0 Å². The zero-order valence-electron chi connectivity index (χ0n) is 18.4. The molecule has 0 unspecified atom stereocenters. The molecule has 1 heterocycles. The summed E-state index contributed by atoms with van der Waals surface area (Å²) in [4.78, 5) is 23.5. The highest BCUT2D eigenvalue weighted by molar-refractivity contribution is 6.31. The molecule has 33 heavy (non-hydrogen) atoms. The molecule has 0 radical (unpaired) electrons. The van der Waals surface area contributed by atoms with Crippen LogP contribution >= 0.6 is 11.6 Å². The van der Waals surface area contributed by atoms with E-state index in [0.29, 0.717) is 28.4 Å². The van der Waals surface area contributed by atoms with E-state index in [-0.39, 0.29) is 5.97 Å². The normalized spacial score (nSPS) is 11.8. The predicted molar refractivity (Wildman–Crippen MR) is 127 cm³/mol. The lowest BCUT2D eigenvalue weighted by molar-refractivity contribution is -0.140. The number of hydrogen-bond donors (Lipinski definition) is 1. The number of carbonyl (C=O) groups is 2. The van der Waals surface area contributed by atoms with Crippen LogP contribution in [0.15, 0.2) is 65.4 Å². The van der Waals surface area contributed by atoms with Crippen LogP contribution in [0.1, 0.15) is 43.4 Å². The summed E-state index contributed by atoms with van der Waals surface area (Å²) in [5.41, 5.74) is 3.39. The van der Waals surface area contributed by atoms with E-state index in [1.807, 2.05) is 48.6 Å². The number of benzene rings is 2. The maximum Gasteiger partial charge on any atom is 0.412 e. The zero-order valence-corrected chi connectivity index (χ0v) is 19.2. The van der Waals surface area contributed by atoms with Gasteiger partial charge in [-0.05, 0) is 31.4 Å². The first-order chi connectivity index (χ1) is 16.0. The lowest BCUT2D eigenvalue weighted by Gasteiger charge is -2.15. The fourth-order valence-electron chi connectivity index (χ4n) is 3.14. The largest absolute Gasteiger partial charge is 0.469 e. The van der Waals surface area contributed by atoms with Crippen molar-refractivity contribution in [2.75, 3.05) is 12.4 Å². The first-order valence-corrected chi connectivity index (χ1v) is 10.9. The molecule has 1 N–H and O–H groups in total. The van der Waals surface area contributed by atoms with Gasteiger partial charge in [-0.3, -0.25) is 10.1 Å². The highest BCUT2D eigenvalue weighted by Gasteiger charge is 2.18. The van der Waals surface area contributed by atoms with Crippen LogP contribution in [0.2, 0.25) is 5.02 Å². The molecule has 172 valence electrons. The number of nitrogens with one attached hydrogen (secondary N) is 1. The van der Waals surface area contributed by atoms with Gasteiger partial charge in [-0.2, -0.15) is 0 Å². The van der Waals surface area contributed by atoms with Crippen molar-refractivity contribution in [1.82, 2.24) is 5.16 Å². The summed E-state index contributed by atoms with van der Waals surface area (Å²) >= 11 is 6.17. The minimum Gasteiger partial charge on any atom is -0.469 e. The van der Waals surface area contributed by atoms with Gasteiger partial charge in [-0.1, -0.05) is 71.4 Å². The van der Waals surface area contributed by atoms with Crippen LogP contribution in [0.3, 0.4) is 0 Å². The number of hydrogen-bond acceptors (Lipinski definition) is 6. The highest BCUT2D eigenvalue weighted by atomic mass is 35.5. The van der Waals surface area contributed by atoms with Crippen molar-refractivity contribution >= 4 is 35.4 Å². The number of carbonyl (C=O) groups excluding carboxylic acids is 2. The number of halogens is 1. The van der Waals surface area contributed by atoms with Crippen LogP contribution in [0.5, 0.6) is 0 Å². The summed E-state index contributed by atoms with van der Waals surface area (Å²) < 4.78 is 15.1. The van der Waals surface area contributed by atoms with Gasteiger partial charge in [0.05, 0.1) is 7.11 Å². The fourth-order valence-corrected chi connectivity index (χ4v) is 3.43. The van der Waals surface area contributed by atoms with Crippen molar-refractivity contribution < 1.29 is 23.6 Å². The first-order valence-electron chi connectivity index (χ1n) is 10.5. The molecular weight excluding hydrogens is 444 g/mol. The number of nitrogens with zero attached hydrogens (tertiary/aromatic N) is 1. The number of anilines is 1. The van der Waals surface area contributed by atoms with E-state index in [0.717, 1.165) is 24.0 Å². The minimum absolute atomic E-state index is 0.202. The van der Waals surface area contributed by atoms with Crippen LogP contribution in [0.25, 0.3) is 17.3 Å². The number of amides is 1. The molecule has 1 amide bonds. The third kappa shape index (κ3) is 6.95. The summed E-state index contributed by atoms with van der Waals surface area (Å²) in [7, 11) is 1.39. The third-order valence-electron chi connectivity index (χ3n) is 4.91. The van der Waals surface area contributed by atoms with E-state index in [1.54, 1.807) is 19.1 Å². The molecular formula is C25H25ClN2O5. The van der Waals surface area contributed by atoms with Gasteiger partial charge < -0.3 is 14.0 Å². The van der Waals surface area contributed by atoms with Crippen LogP contribution in [0.4, 0.5) is 10.5 Å².